The first-order valence-electron chi connectivity index (χ1n) is 5.46. The van der Waals surface area contributed by atoms with Crippen LogP contribution in [0.15, 0.2) is 24.3 Å². The van der Waals surface area contributed by atoms with Crippen molar-refractivity contribution in [3.05, 3.63) is 29.8 Å². The highest BCUT2D eigenvalue weighted by molar-refractivity contribution is 5.34. The van der Waals surface area contributed by atoms with Crippen LogP contribution in [-0.4, -0.2) is 18.3 Å². The standard InChI is InChI=1S/C13H18O2/c1-13(7-8-13)12(14)9-10-5-3-4-6-11(10)15-2/h3-6,12,14H,7-9H2,1-2H3. The maximum atomic E-state index is 10.1. The quantitative estimate of drug-likeness (QED) is 0.819. The van der Waals surface area contributed by atoms with Crippen LogP contribution in [0.5, 0.6) is 5.75 Å². The van der Waals surface area contributed by atoms with Crippen LogP contribution in [0.4, 0.5) is 0 Å². The van der Waals surface area contributed by atoms with Gasteiger partial charge in [-0.25, -0.2) is 0 Å². The molecule has 1 unspecified atom stereocenters. The van der Waals surface area contributed by atoms with Gasteiger partial charge in [-0.15, -0.1) is 0 Å². The van der Waals surface area contributed by atoms with E-state index < -0.39 is 0 Å². The predicted octanol–water partition coefficient (Wildman–Crippen LogP) is 2.40. The van der Waals surface area contributed by atoms with Gasteiger partial charge in [0.25, 0.3) is 0 Å². The van der Waals surface area contributed by atoms with Crippen LogP contribution in [0, 0.1) is 5.41 Å². The molecule has 1 N–H and O–H groups in total. The first kappa shape index (κ1) is 10.5. The Balaban J connectivity index is 2.09. The zero-order chi connectivity index (χ0) is 10.9. The molecule has 1 saturated carbocycles. The largest absolute Gasteiger partial charge is 0.496 e. The van der Waals surface area contributed by atoms with Crippen molar-refractivity contribution in [2.45, 2.75) is 32.3 Å². The van der Waals surface area contributed by atoms with E-state index >= 15 is 0 Å². The molecule has 1 aromatic carbocycles. The van der Waals surface area contributed by atoms with Gasteiger partial charge in [0.1, 0.15) is 5.75 Å². The minimum absolute atomic E-state index is 0.154. The average Bonchev–Trinajstić information content (AvgIpc) is 2.99. The number of hydrogen-bond acceptors (Lipinski definition) is 2. The summed E-state index contributed by atoms with van der Waals surface area (Å²) in [5, 5.41) is 10.1. The summed E-state index contributed by atoms with van der Waals surface area (Å²) in [6, 6.07) is 7.90. The van der Waals surface area contributed by atoms with Gasteiger partial charge in [0, 0.05) is 6.42 Å². The number of aliphatic hydroxyl groups is 1. The topological polar surface area (TPSA) is 29.5 Å². The molecule has 0 saturated heterocycles. The zero-order valence-corrected chi connectivity index (χ0v) is 9.36. The molecule has 1 aromatic rings. The first-order valence-corrected chi connectivity index (χ1v) is 5.46. The molecule has 0 aliphatic heterocycles. The van der Waals surface area contributed by atoms with Crippen molar-refractivity contribution in [1.82, 2.24) is 0 Å². The van der Waals surface area contributed by atoms with Crippen LogP contribution in [0.2, 0.25) is 0 Å². The highest BCUT2D eigenvalue weighted by atomic mass is 16.5. The van der Waals surface area contributed by atoms with Crippen molar-refractivity contribution in [2.24, 2.45) is 5.41 Å². The van der Waals surface area contributed by atoms with Crippen LogP contribution >= 0.6 is 0 Å². The molecular formula is C13H18O2. The summed E-state index contributed by atoms with van der Waals surface area (Å²) >= 11 is 0. The van der Waals surface area contributed by atoms with E-state index in [1.807, 2.05) is 24.3 Å². The van der Waals surface area contributed by atoms with E-state index in [0.29, 0.717) is 6.42 Å². The Morgan fingerprint density at radius 2 is 2.07 bits per heavy atom. The van der Waals surface area contributed by atoms with E-state index in [1.165, 1.54) is 0 Å². The summed E-state index contributed by atoms with van der Waals surface area (Å²) in [4.78, 5) is 0. The molecule has 0 radical (unpaired) electrons. The van der Waals surface area contributed by atoms with Crippen molar-refractivity contribution in [3.63, 3.8) is 0 Å². The summed E-state index contributed by atoms with van der Waals surface area (Å²) < 4.78 is 5.27. The number of hydrogen-bond donors (Lipinski definition) is 1. The van der Waals surface area contributed by atoms with E-state index in [-0.39, 0.29) is 11.5 Å². The summed E-state index contributed by atoms with van der Waals surface area (Å²) in [6.45, 7) is 2.15. The van der Waals surface area contributed by atoms with Crippen LogP contribution in [0.3, 0.4) is 0 Å². The van der Waals surface area contributed by atoms with Crippen LogP contribution in [0.25, 0.3) is 0 Å². The third-order valence-corrected chi connectivity index (χ3v) is 3.45. The van der Waals surface area contributed by atoms with E-state index in [2.05, 4.69) is 6.92 Å². The van der Waals surface area contributed by atoms with Gasteiger partial charge in [-0.3, -0.25) is 0 Å². The number of aliphatic hydroxyl groups excluding tert-OH is 1. The van der Waals surface area contributed by atoms with Gasteiger partial charge >= 0.3 is 0 Å². The number of ether oxygens (including phenoxy) is 1. The van der Waals surface area contributed by atoms with E-state index in [1.54, 1.807) is 7.11 Å². The molecule has 2 nitrogen and oxygen atoms in total. The van der Waals surface area contributed by atoms with Crippen molar-refractivity contribution >= 4 is 0 Å². The molecule has 1 fully saturated rings. The number of benzene rings is 1. The Labute approximate surface area is 90.9 Å². The highest BCUT2D eigenvalue weighted by Gasteiger charge is 2.44. The fourth-order valence-corrected chi connectivity index (χ4v) is 1.86. The second kappa shape index (κ2) is 3.86. The van der Waals surface area contributed by atoms with Gasteiger partial charge in [-0.2, -0.15) is 0 Å². The van der Waals surface area contributed by atoms with Crippen LogP contribution in [0.1, 0.15) is 25.3 Å². The molecule has 15 heavy (non-hydrogen) atoms. The van der Waals surface area contributed by atoms with Crippen LogP contribution < -0.4 is 4.74 Å². The molecule has 0 aromatic heterocycles. The minimum Gasteiger partial charge on any atom is -0.496 e. The molecular weight excluding hydrogens is 188 g/mol. The number of para-hydroxylation sites is 1. The lowest BCUT2D eigenvalue weighted by Crippen LogP contribution is -2.21. The average molecular weight is 206 g/mol. The molecule has 2 rings (SSSR count). The van der Waals surface area contributed by atoms with E-state index in [9.17, 15) is 5.11 Å². The maximum absolute atomic E-state index is 10.1. The Hall–Kier alpha value is -1.02. The second-order valence-corrected chi connectivity index (χ2v) is 4.69. The van der Waals surface area contributed by atoms with Gasteiger partial charge in [-0.1, -0.05) is 25.1 Å². The van der Waals surface area contributed by atoms with Crippen molar-refractivity contribution in [3.8, 4) is 5.75 Å². The molecule has 0 bridgehead atoms. The Morgan fingerprint density at radius 1 is 1.40 bits per heavy atom. The Bertz CT molecular complexity index is 342. The molecule has 2 heteroatoms. The zero-order valence-electron chi connectivity index (χ0n) is 9.36. The third kappa shape index (κ3) is 2.15. The predicted molar refractivity (Wildman–Crippen MR) is 60.0 cm³/mol. The molecule has 1 atom stereocenters. The normalized spacial score (nSPS) is 19.7. The Kier molecular flexibility index (Phi) is 2.70. The SMILES string of the molecule is COc1ccccc1CC(O)C1(C)CC1. The van der Waals surface area contributed by atoms with Gasteiger partial charge in [-0.05, 0) is 29.9 Å². The molecule has 1 aliphatic rings. The maximum Gasteiger partial charge on any atom is 0.122 e. The van der Waals surface area contributed by atoms with Crippen molar-refractivity contribution < 1.29 is 9.84 Å². The molecule has 0 spiro atoms. The monoisotopic (exact) mass is 206 g/mol. The fraction of sp³-hybridized carbons (Fsp3) is 0.538. The summed E-state index contributed by atoms with van der Waals surface area (Å²) in [7, 11) is 1.67. The van der Waals surface area contributed by atoms with Crippen molar-refractivity contribution in [2.75, 3.05) is 7.11 Å². The lowest BCUT2D eigenvalue weighted by molar-refractivity contribution is 0.102. The number of rotatable bonds is 4. The van der Waals surface area contributed by atoms with Gasteiger partial charge in [0.2, 0.25) is 0 Å². The van der Waals surface area contributed by atoms with E-state index in [0.717, 1.165) is 24.2 Å². The van der Waals surface area contributed by atoms with Crippen LogP contribution in [-0.2, 0) is 6.42 Å². The summed E-state index contributed by atoms with van der Waals surface area (Å²) in [6.07, 6.45) is 2.74. The summed E-state index contributed by atoms with van der Waals surface area (Å²) in [5.41, 5.74) is 1.25. The van der Waals surface area contributed by atoms with E-state index in [4.69, 9.17) is 4.74 Å². The summed E-state index contributed by atoms with van der Waals surface area (Å²) in [5.74, 6) is 0.876. The second-order valence-electron chi connectivity index (χ2n) is 4.69. The molecule has 0 amide bonds. The lowest BCUT2D eigenvalue weighted by Gasteiger charge is -2.18. The molecule has 1 aliphatic carbocycles. The smallest absolute Gasteiger partial charge is 0.122 e. The van der Waals surface area contributed by atoms with Gasteiger partial charge in [0.15, 0.2) is 0 Å². The van der Waals surface area contributed by atoms with Crippen molar-refractivity contribution in [1.29, 1.82) is 0 Å². The molecule has 82 valence electrons. The van der Waals surface area contributed by atoms with Gasteiger partial charge in [0.05, 0.1) is 13.2 Å². The Morgan fingerprint density at radius 3 is 2.67 bits per heavy atom. The molecule has 0 heterocycles. The van der Waals surface area contributed by atoms with Gasteiger partial charge < -0.3 is 9.84 Å². The first-order chi connectivity index (χ1) is 7.15. The highest BCUT2D eigenvalue weighted by Crippen LogP contribution is 2.49. The number of methoxy groups -OCH3 is 1. The lowest BCUT2D eigenvalue weighted by atomic mass is 9.95. The minimum atomic E-state index is -0.242. The fourth-order valence-electron chi connectivity index (χ4n) is 1.86. The third-order valence-electron chi connectivity index (χ3n) is 3.45.